The fourth-order valence-electron chi connectivity index (χ4n) is 3.75. The maximum absolute atomic E-state index is 11.8. The number of ether oxygens (including phenoxy) is 4. The van der Waals surface area contributed by atoms with Crippen LogP contribution >= 0.6 is 0 Å². The molecule has 0 aliphatic carbocycles. The minimum atomic E-state index is -0.438. The van der Waals surface area contributed by atoms with Crippen LogP contribution in [0.25, 0.3) is 21.5 Å². The number of carbonyl (C=O) groups is 2. The molecule has 0 heterocycles. The molecule has 0 aromatic heterocycles. The molecule has 2 amide bonds. The number of alkyl carbamates (subject to hydrolysis) is 2. The Kier molecular flexibility index (Phi) is 11.0. The highest BCUT2D eigenvalue weighted by Gasteiger charge is 2.16. The first-order valence-electron chi connectivity index (χ1n) is 12.7. The van der Waals surface area contributed by atoms with Crippen LogP contribution in [-0.4, -0.2) is 51.7 Å². The van der Waals surface area contributed by atoms with Gasteiger partial charge in [0.05, 0.1) is 0 Å². The molecule has 3 aromatic rings. The SMILES string of the molecule is CCCCNC(=O)OCCOc1c2ccccc2c(OCCOC(=O)NCCCC)c2ccccc12. The molecule has 3 rings (SSSR count). The molecule has 0 unspecified atom stereocenters. The number of carbonyl (C=O) groups excluding carboxylic acids is 2. The summed E-state index contributed by atoms with van der Waals surface area (Å²) in [7, 11) is 0. The minimum Gasteiger partial charge on any atom is -0.489 e. The molecule has 0 spiro atoms. The van der Waals surface area contributed by atoms with Gasteiger partial charge in [-0.2, -0.15) is 0 Å². The van der Waals surface area contributed by atoms with E-state index < -0.39 is 12.2 Å². The van der Waals surface area contributed by atoms with E-state index in [2.05, 4.69) is 24.5 Å². The fraction of sp³-hybridized carbons (Fsp3) is 0.429. The summed E-state index contributed by atoms with van der Waals surface area (Å²) >= 11 is 0. The van der Waals surface area contributed by atoms with Gasteiger partial charge in [-0.1, -0.05) is 75.2 Å². The summed E-state index contributed by atoms with van der Waals surface area (Å²) in [6.07, 6.45) is 2.96. The lowest BCUT2D eigenvalue weighted by Crippen LogP contribution is -2.26. The Hall–Kier alpha value is -3.68. The molecule has 0 fully saturated rings. The van der Waals surface area contributed by atoms with Crippen molar-refractivity contribution >= 4 is 33.7 Å². The molecule has 3 aromatic carbocycles. The molecule has 2 N–H and O–H groups in total. The highest BCUT2D eigenvalue weighted by atomic mass is 16.6. The summed E-state index contributed by atoms with van der Waals surface area (Å²) in [5, 5.41) is 8.99. The zero-order valence-electron chi connectivity index (χ0n) is 21.1. The van der Waals surface area contributed by atoms with E-state index in [1.165, 1.54) is 0 Å². The predicted octanol–water partition coefficient (Wildman–Crippen LogP) is 5.80. The Labute approximate surface area is 212 Å². The number of amides is 2. The average Bonchev–Trinajstić information content (AvgIpc) is 2.89. The summed E-state index contributed by atoms with van der Waals surface area (Å²) < 4.78 is 22.7. The number of benzene rings is 3. The number of hydrogen-bond donors (Lipinski definition) is 2. The Morgan fingerprint density at radius 3 is 1.31 bits per heavy atom. The Bertz CT molecular complexity index is 989. The van der Waals surface area contributed by atoms with Crippen LogP contribution in [0.3, 0.4) is 0 Å². The van der Waals surface area contributed by atoms with Crippen LogP contribution in [0.2, 0.25) is 0 Å². The molecular weight excluding hydrogens is 460 g/mol. The normalized spacial score (nSPS) is 10.7. The zero-order valence-corrected chi connectivity index (χ0v) is 21.1. The van der Waals surface area contributed by atoms with Crippen molar-refractivity contribution in [2.45, 2.75) is 39.5 Å². The smallest absolute Gasteiger partial charge is 0.407 e. The van der Waals surface area contributed by atoms with Crippen LogP contribution in [0, 0.1) is 0 Å². The van der Waals surface area contributed by atoms with Crippen molar-refractivity contribution in [3.05, 3.63) is 48.5 Å². The molecule has 0 saturated carbocycles. The van der Waals surface area contributed by atoms with E-state index in [1.54, 1.807) is 0 Å². The third-order valence-corrected chi connectivity index (χ3v) is 5.56. The van der Waals surface area contributed by atoms with Gasteiger partial charge in [0.2, 0.25) is 0 Å². The quantitative estimate of drug-likeness (QED) is 0.216. The molecule has 0 bridgehead atoms. The molecule has 8 heteroatoms. The summed E-state index contributed by atoms with van der Waals surface area (Å²) in [5.74, 6) is 1.41. The third-order valence-electron chi connectivity index (χ3n) is 5.56. The van der Waals surface area contributed by atoms with E-state index in [4.69, 9.17) is 18.9 Å². The number of fused-ring (bicyclic) bond motifs is 2. The third kappa shape index (κ3) is 7.66. The topological polar surface area (TPSA) is 95.1 Å². The first kappa shape index (κ1) is 26.9. The molecule has 36 heavy (non-hydrogen) atoms. The summed E-state index contributed by atoms with van der Waals surface area (Å²) in [4.78, 5) is 23.6. The second-order valence-electron chi connectivity index (χ2n) is 8.28. The second kappa shape index (κ2) is 14.7. The van der Waals surface area contributed by atoms with Crippen molar-refractivity contribution in [1.82, 2.24) is 10.6 Å². The number of hydrogen-bond acceptors (Lipinski definition) is 6. The number of unbranched alkanes of at least 4 members (excludes halogenated alkanes) is 2. The molecule has 194 valence electrons. The average molecular weight is 497 g/mol. The van der Waals surface area contributed by atoms with Crippen LogP contribution in [0.15, 0.2) is 48.5 Å². The summed E-state index contributed by atoms with van der Waals surface area (Å²) in [6.45, 7) is 6.03. The standard InChI is InChI=1S/C28H36N2O6/c1-3-5-15-29-27(31)35-19-17-33-25-21-11-7-9-13-23(21)26(24-14-10-8-12-22(24)25)34-18-20-36-28(32)30-16-6-4-2/h7-14H,3-6,15-20H2,1-2H3,(H,29,31)(H,30,32). The van der Waals surface area contributed by atoms with Gasteiger partial charge < -0.3 is 29.6 Å². The highest BCUT2D eigenvalue weighted by molar-refractivity contribution is 6.11. The van der Waals surface area contributed by atoms with E-state index in [1.807, 2.05) is 48.5 Å². The van der Waals surface area contributed by atoms with Crippen molar-refractivity contribution in [1.29, 1.82) is 0 Å². The Balaban J connectivity index is 1.69. The molecule has 0 radical (unpaired) electrons. The maximum atomic E-state index is 11.8. The second-order valence-corrected chi connectivity index (χ2v) is 8.28. The lowest BCUT2D eigenvalue weighted by molar-refractivity contribution is 0.124. The molecule has 0 saturated heterocycles. The number of nitrogens with one attached hydrogen (secondary N) is 2. The Morgan fingerprint density at radius 2 is 0.972 bits per heavy atom. The highest BCUT2D eigenvalue weighted by Crippen LogP contribution is 2.42. The van der Waals surface area contributed by atoms with Crippen molar-refractivity contribution < 1.29 is 28.5 Å². The van der Waals surface area contributed by atoms with Crippen molar-refractivity contribution in [2.75, 3.05) is 39.5 Å². The molecular formula is C28H36N2O6. The van der Waals surface area contributed by atoms with Gasteiger partial charge in [0.15, 0.2) is 0 Å². The first-order valence-corrected chi connectivity index (χ1v) is 12.7. The van der Waals surface area contributed by atoms with E-state index in [9.17, 15) is 9.59 Å². The molecule has 0 aliphatic rings. The van der Waals surface area contributed by atoms with Gasteiger partial charge in [0.1, 0.15) is 37.9 Å². The van der Waals surface area contributed by atoms with Gasteiger partial charge in [-0.15, -0.1) is 0 Å². The van der Waals surface area contributed by atoms with Crippen LogP contribution in [-0.2, 0) is 9.47 Å². The van der Waals surface area contributed by atoms with Crippen molar-refractivity contribution in [2.24, 2.45) is 0 Å². The largest absolute Gasteiger partial charge is 0.489 e. The monoisotopic (exact) mass is 496 g/mol. The van der Waals surface area contributed by atoms with Gasteiger partial charge in [-0.25, -0.2) is 9.59 Å². The van der Waals surface area contributed by atoms with Gasteiger partial charge >= 0.3 is 12.2 Å². The van der Waals surface area contributed by atoms with E-state index in [-0.39, 0.29) is 26.4 Å². The van der Waals surface area contributed by atoms with Crippen LogP contribution in [0.1, 0.15) is 39.5 Å². The maximum Gasteiger partial charge on any atom is 0.407 e. The van der Waals surface area contributed by atoms with Gasteiger partial charge in [-0.3, -0.25) is 0 Å². The van der Waals surface area contributed by atoms with Gasteiger partial charge in [0, 0.05) is 34.6 Å². The van der Waals surface area contributed by atoms with Crippen LogP contribution < -0.4 is 20.1 Å². The first-order chi connectivity index (χ1) is 17.7. The van der Waals surface area contributed by atoms with Crippen LogP contribution in [0.5, 0.6) is 11.5 Å². The zero-order chi connectivity index (χ0) is 25.6. The van der Waals surface area contributed by atoms with E-state index in [0.29, 0.717) is 24.6 Å². The van der Waals surface area contributed by atoms with E-state index in [0.717, 1.165) is 47.2 Å². The van der Waals surface area contributed by atoms with Gasteiger partial charge in [-0.05, 0) is 12.8 Å². The van der Waals surface area contributed by atoms with Crippen molar-refractivity contribution in [3.8, 4) is 11.5 Å². The molecule has 8 nitrogen and oxygen atoms in total. The Morgan fingerprint density at radius 1 is 0.611 bits per heavy atom. The molecule has 0 aliphatic heterocycles. The molecule has 0 atom stereocenters. The van der Waals surface area contributed by atoms with Crippen LogP contribution in [0.4, 0.5) is 9.59 Å². The predicted molar refractivity (Wildman–Crippen MR) is 141 cm³/mol. The van der Waals surface area contributed by atoms with Gasteiger partial charge in [0.25, 0.3) is 0 Å². The number of rotatable bonds is 14. The lowest BCUT2D eigenvalue weighted by Gasteiger charge is -2.18. The lowest BCUT2D eigenvalue weighted by atomic mass is 10.0. The van der Waals surface area contributed by atoms with Crippen molar-refractivity contribution in [3.63, 3.8) is 0 Å². The van der Waals surface area contributed by atoms with E-state index >= 15 is 0 Å². The summed E-state index contributed by atoms with van der Waals surface area (Å²) in [5.41, 5.74) is 0. The fourth-order valence-corrected chi connectivity index (χ4v) is 3.75. The minimum absolute atomic E-state index is 0.135. The summed E-state index contributed by atoms with van der Waals surface area (Å²) in [6, 6.07) is 15.6.